The number of nitrogens with one attached hydrogen (secondary N) is 1. The molecule has 144 valence electrons. The highest BCUT2D eigenvalue weighted by molar-refractivity contribution is 8.00. The van der Waals surface area contributed by atoms with Crippen LogP contribution >= 0.6 is 11.8 Å². The summed E-state index contributed by atoms with van der Waals surface area (Å²) < 4.78 is 23.6. The smallest absolute Gasteiger partial charge is 0.246 e. The van der Waals surface area contributed by atoms with Crippen molar-refractivity contribution >= 4 is 38.9 Å². The molecule has 1 aliphatic heterocycles. The molecule has 1 N–H and O–H groups in total. The van der Waals surface area contributed by atoms with E-state index in [1.165, 1.54) is 6.26 Å². The highest BCUT2D eigenvalue weighted by Crippen LogP contribution is 2.37. The van der Waals surface area contributed by atoms with Crippen LogP contribution in [0.25, 0.3) is 0 Å². The highest BCUT2D eigenvalue weighted by atomic mass is 32.2. The minimum Gasteiger partial charge on any atom is -0.376 e. The summed E-state index contributed by atoms with van der Waals surface area (Å²) in [5.41, 5.74) is 2.51. The number of benzene rings is 2. The molecule has 0 aromatic heterocycles. The first-order valence-corrected chi connectivity index (χ1v) is 11.6. The van der Waals surface area contributed by atoms with Crippen LogP contribution in [0.5, 0.6) is 0 Å². The van der Waals surface area contributed by atoms with Crippen molar-refractivity contribution in [2.24, 2.45) is 0 Å². The second-order valence-corrected chi connectivity index (χ2v) is 10.3. The Hall–Kier alpha value is -1.99. The maximum atomic E-state index is 12.9. The van der Waals surface area contributed by atoms with E-state index in [0.29, 0.717) is 17.5 Å². The number of aryl methyl sites for hydroxylation is 1. The van der Waals surface area contributed by atoms with Gasteiger partial charge in [0.15, 0.2) is 9.84 Å². The van der Waals surface area contributed by atoms with Crippen LogP contribution in [0.3, 0.4) is 0 Å². The summed E-state index contributed by atoms with van der Waals surface area (Å²) in [5, 5.41) is 3.57. The van der Waals surface area contributed by atoms with E-state index in [0.717, 1.165) is 22.6 Å². The van der Waals surface area contributed by atoms with E-state index in [1.807, 2.05) is 30.0 Å². The number of anilines is 2. The molecule has 3 rings (SSSR count). The molecule has 0 spiro atoms. The lowest BCUT2D eigenvalue weighted by molar-refractivity contribution is -0.117. The molecule has 2 aromatic rings. The summed E-state index contributed by atoms with van der Waals surface area (Å²) in [6, 6.07) is 12.9. The zero-order valence-corrected chi connectivity index (χ0v) is 17.4. The fourth-order valence-corrected chi connectivity index (χ4v) is 4.79. The number of hydrogen-bond acceptors (Lipinski definition) is 5. The average molecular weight is 405 g/mol. The van der Waals surface area contributed by atoms with Crippen LogP contribution in [0.2, 0.25) is 0 Å². The fraction of sp³-hybridized carbons (Fsp3) is 0.350. The van der Waals surface area contributed by atoms with Gasteiger partial charge in [-0.25, -0.2) is 8.42 Å². The molecule has 1 heterocycles. The minimum absolute atomic E-state index is 0.0266. The number of rotatable bonds is 4. The molecule has 1 amide bonds. The van der Waals surface area contributed by atoms with E-state index in [1.54, 1.807) is 30.0 Å². The van der Waals surface area contributed by atoms with E-state index in [4.69, 9.17) is 0 Å². The van der Waals surface area contributed by atoms with E-state index < -0.39 is 9.84 Å². The van der Waals surface area contributed by atoms with Gasteiger partial charge in [0, 0.05) is 28.6 Å². The van der Waals surface area contributed by atoms with Crippen LogP contribution in [0, 0.1) is 6.92 Å². The second-order valence-electron chi connectivity index (χ2n) is 6.83. The lowest BCUT2D eigenvalue weighted by Gasteiger charge is -2.23. The normalized spacial score (nSPS) is 17.1. The third-order valence-corrected chi connectivity index (χ3v) is 6.96. The fourth-order valence-electron chi connectivity index (χ4n) is 3.03. The first-order chi connectivity index (χ1) is 12.8. The lowest BCUT2D eigenvalue weighted by atomic mass is 10.2. The Balaban J connectivity index is 1.79. The molecule has 0 radical (unpaired) electrons. The van der Waals surface area contributed by atoms with Crippen LogP contribution in [0.4, 0.5) is 11.4 Å². The van der Waals surface area contributed by atoms with Gasteiger partial charge >= 0.3 is 0 Å². The van der Waals surface area contributed by atoms with Crippen LogP contribution in [0.15, 0.2) is 52.3 Å². The molecule has 27 heavy (non-hydrogen) atoms. The number of hydrogen-bond donors (Lipinski definition) is 1. The van der Waals surface area contributed by atoms with Gasteiger partial charge in [0.05, 0.1) is 17.1 Å². The highest BCUT2D eigenvalue weighted by Gasteiger charge is 2.24. The van der Waals surface area contributed by atoms with Gasteiger partial charge in [0.2, 0.25) is 5.91 Å². The third-order valence-electron chi connectivity index (χ3n) is 4.61. The van der Waals surface area contributed by atoms with Crippen LogP contribution in [-0.4, -0.2) is 38.9 Å². The first kappa shape index (κ1) is 19.8. The predicted molar refractivity (Wildman–Crippen MR) is 112 cm³/mol. The van der Waals surface area contributed by atoms with Crippen molar-refractivity contribution in [1.82, 2.24) is 0 Å². The number of nitrogens with zero attached hydrogens (tertiary/aromatic N) is 1. The number of fused-ring (bicyclic) bond motifs is 1. The van der Waals surface area contributed by atoms with E-state index in [-0.39, 0.29) is 17.3 Å². The summed E-state index contributed by atoms with van der Waals surface area (Å²) in [6.45, 7) is 4.85. The van der Waals surface area contributed by atoms with Gasteiger partial charge in [0.1, 0.15) is 0 Å². The molecule has 1 atom stereocenters. The molecule has 0 saturated heterocycles. The molecule has 1 unspecified atom stereocenters. The van der Waals surface area contributed by atoms with Crippen LogP contribution in [-0.2, 0) is 14.6 Å². The van der Waals surface area contributed by atoms with Crippen molar-refractivity contribution in [2.75, 3.05) is 29.6 Å². The Kier molecular flexibility index (Phi) is 5.81. The maximum absolute atomic E-state index is 12.9. The molecule has 0 fully saturated rings. The van der Waals surface area contributed by atoms with Gasteiger partial charge in [-0.05, 0) is 43.2 Å². The SMILES string of the molecule is Cc1ccc(S(C)(=O)=O)cc1NCC(=O)N1CCC(C)Sc2ccccc21. The topological polar surface area (TPSA) is 66.5 Å². The number of carbonyl (C=O) groups is 1. The van der Waals surface area contributed by atoms with E-state index in [9.17, 15) is 13.2 Å². The largest absolute Gasteiger partial charge is 0.376 e. The van der Waals surface area contributed by atoms with Gasteiger partial charge in [-0.1, -0.05) is 25.1 Å². The quantitative estimate of drug-likeness (QED) is 0.841. The van der Waals surface area contributed by atoms with Crippen molar-refractivity contribution in [3.63, 3.8) is 0 Å². The maximum Gasteiger partial charge on any atom is 0.246 e. The monoisotopic (exact) mass is 404 g/mol. The Morgan fingerprint density at radius 3 is 2.74 bits per heavy atom. The molecule has 0 saturated carbocycles. The molecule has 0 aliphatic carbocycles. The Morgan fingerprint density at radius 1 is 1.26 bits per heavy atom. The minimum atomic E-state index is -3.29. The second kappa shape index (κ2) is 7.94. The zero-order valence-electron chi connectivity index (χ0n) is 15.7. The van der Waals surface area contributed by atoms with E-state index >= 15 is 0 Å². The molecular weight excluding hydrogens is 380 g/mol. The summed E-state index contributed by atoms with van der Waals surface area (Å²) in [6.07, 6.45) is 2.10. The van der Waals surface area contributed by atoms with Gasteiger partial charge < -0.3 is 10.2 Å². The standard InChI is InChI=1S/C20H24N2O3S2/c1-14-8-9-16(27(3,24)25)12-17(14)21-13-20(23)22-11-10-15(2)26-19-7-5-4-6-18(19)22/h4-9,12,15,21H,10-11,13H2,1-3H3. The molecule has 7 heteroatoms. The van der Waals surface area contributed by atoms with Crippen molar-refractivity contribution in [2.45, 2.75) is 35.3 Å². The number of carbonyl (C=O) groups excluding carboxylic acids is 1. The Labute approximate surface area is 165 Å². The zero-order chi connectivity index (χ0) is 19.6. The van der Waals surface area contributed by atoms with Crippen molar-refractivity contribution in [1.29, 1.82) is 0 Å². The molecule has 2 aromatic carbocycles. The summed E-state index contributed by atoms with van der Waals surface area (Å²) in [7, 11) is -3.29. The van der Waals surface area contributed by atoms with Crippen LogP contribution in [0.1, 0.15) is 18.9 Å². The number of amides is 1. The Morgan fingerprint density at radius 2 is 2.00 bits per heavy atom. The van der Waals surface area contributed by atoms with Gasteiger partial charge in [-0.2, -0.15) is 0 Å². The van der Waals surface area contributed by atoms with Gasteiger partial charge in [-0.15, -0.1) is 11.8 Å². The van der Waals surface area contributed by atoms with Crippen molar-refractivity contribution in [3.05, 3.63) is 48.0 Å². The van der Waals surface area contributed by atoms with Gasteiger partial charge in [0.25, 0.3) is 0 Å². The van der Waals surface area contributed by atoms with Gasteiger partial charge in [-0.3, -0.25) is 4.79 Å². The van der Waals surface area contributed by atoms with Crippen molar-refractivity contribution in [3.8, 4) is 0 Å². The molecular formula is C20H24N2O3S2. The van der Waals surface area contributed by atoms with Crippen molar-refractivity contribution < 1.29 is 13.2 Å². The number of para-hydroxylation sites is 1. The Bertz CT molecular complexity index is 957. The number of thioether (sulfide) groups is 1. The summed E-state index contributed by atoms with van der Waals surface area (Å²) >= 11 is 1.79. The summed E-state index contributed by atoms with van der Waals surface area (Å²) in [4.78, 5) is 16.1. The number of sulfone groups is 1. The van der Waals surface area contributed by atoms with Crippen LogP contribution < -0.4 is 10.2 Å². The molecule has 5 nitrogen and oxygen atoms in total. The molecule has 1 aliphatic rings. The lowest BCUT2D eigenvalue weighted by Crippen LogP contribution is -2.36. The third kappa shape index (κ3) is 4.65. The molecule has 0 bridgehead atoms. The predicted octanol–water partition coefficient (Wildman–Crippen LogP) is 3.73. The van der Waals surface area contributed by atoms with E-state index in [2.05, 4.69) is 18.3 Å². The average Bonchev–Trinajstić information content (AvgIpc) is 2.78. The first-order valence-electron chi connectivity index (χ1n) is 8.86. The summed E-state index contributed by atoms with van der Waals surface area (Å²) in [5.74, 6) is -0.0266.